The number of primary amides is 1. The summed E-state index contributed by atoms with van der Waals surface area (Å²) in [4.78, 5) is 25.3. The normalized spacial score (nSPS) is 12.6. The lowest BCUT2D eigenvalue weighted by Gasteiger charge is -2.28. The zero-order chi connectivity index (χ0) is 26.8. The summed E-state index contributed by atoms with van der Waals surface area (Å²) in [5.41, 5.74) is 8.28. The molecule has 0 saturated heterocycles. The van der Waals surface area contributed by atoms with Gasteiger partial charge in [-0.15, -0.1) is 0 Å². The molecule has 3 N–H and O–H groups in total. The highest BCUT2D eigenvalue weighted by molar-refractivity contribution is 7.82. The second-order valence-electron chi connectivity index (χ2n) is 8.49. The molecule has 0 heterocycles. The number of hydrogen-bond acceptors (Lipinski definition) is 4. The number of benzene rings is 3. The number of nitrogens with two attached hydrogens (primary N) is 1. The van der Waals surface area contributed by atoms with Gasteiger partial charge in [-0.3, -0.25) is 9.59 Å². The first kappa shape index (κ1) is 28.4. The van der Waals surface area contributed by atoms with E-state index in [0.29, 0.717) is 34.9 Å². The van der Waals surface area contributed by atoms with Crippen molar-refractivity contribution < 1.29 is 18.5 Å². The predicted octanol–water partition coefficient (Wildman–Crippen LogP) is 4.50. The van der Waals surface area contributed by atoms with Gasteiger partial charge in [0, 0.05) is 23.7 Å². The van der Waals surface area contributed by atoms with Crippen LogP contribution in [0.2, 0.25) is 5.02 Å². The van der Waals surface area contributed by atoms with E-state index in [9.17, 15) is 13.8 Å². The zero-order valence-corrected chi connectivity index (χ0v) is 22.6. The maximum atomic E-state index is 13.7. The second-order valence-corrected chi connectivity index (χ2v) is 10.4. The van der Waals surface area contributed by atoms with Crippen molar-refractivity contribution in [3.05, 3.63) is 94.5 Å². The molecule has 0 saturated carbocycles. The first-order chi connectivity index (χ1) is 17.8. The van der Waals surface area contributed by atoms with Crippen molar-refractivity contribution >= 4 is 34.4 Å². The van der Waals surface area contributed by atoms with Crippen LogP contribution in [-0.4, -0.2) is 40.0 Å². The summed E-state index contributed by atoms with van der Waals surface area (Å²) in [5, 5.41) is 3.29. The third kappa shape index (κ3) is 8.15. The van der Waals surface area contributed by atoms with E-state index in [2.05, 4.69) is 5.32 Å². The Labute approximate surface area is 225 Å². The van der Waals surface area contributed by atoms with E-state index in [1.165, 1.54) is 0 Å². The van der Waals surface area contributed by atoms with Gasteiger partial charge in [0.1, 0.15) is 22.8 Å². The fraction of sp³-hybridized carbons (Fsp3) is 0.286. The first-order valence-corrected chi connectivity index (χ1v) is 13.5. The summed E-state index contributed by atoms with van der Waals surface area (Å²) in [6, 6.07) is 20.7. The molecular formula is C28H32ClN3O4S. The Morgan fingerprint density at radius 2 is 1.62 bits per heavy atom. The average Bonchev–Trinajstić information content (AvgIpc) is 2.91. The van der Waals surface area contributed by atoms with Crippen LogP contribution in [0.5, 0.6) is 5.75 Å². The largest absolute Gasteiger partial charge is 0.497 e. The molecule has 0 aliphatic carbocycles. The van der Waals surface area contributed by atoms with E-state index < -0.39 is 22.9 Å². The number of nitrogens with one attached hydrogen (secondary N) is 1. The summed E-state index contributed by atoms with van der Waals surface area (Å²) in [6.45, 7) is 2.60. The molecule has 3 aromatic carbocycles. The maximum absolute atomic E-state index is 13.7. The van der Waals surface area contributed by atoms with Gasteiger partial charge in [0.15, 0.2) is 0 Å². The minimum absolute atomic E-state index is 0.163. The number of aryl methyl sites for hydroxylation is 1. The van der Waals surface area contributed by atoms with Gasteiger partial charge in [-0.1, -0.05) is 35.9 Å². The van der Waals surface area contributed by atoms with Gasteiger partial charge < -0.3 is 15.8 Å². The summed E-state index contributed by atoms with van der Waals surface area (Å²) in [5.74, 6) is 0.0710. The van der Waals surface area contributed by atoms with E-state index >= 15 is 0 Å². The van der Waals surface area contributed by atoms with E-state index in [-0.39, 0.29) is 12.5 Å². The number of carbonyl (C=O) groups excluding carboxylic acids is 2. The summed E-state index contributed by atoms with van der Waals surface area (Å²) in [6.07, 6.45) is 1.83. The summed E-state index contributed by atoms with van der Waals surface area (Å²) < 4.78 is 20.5. The minimum Gasteiger partial charge on any atom is -0.497 e. The Morgan fingerprint density at radius 3 is 2.19 bits per heavy atom. The Hall–Kier alpha value is -3.20. The molecule has 3 rings (SSSR count). The smallest absolute Gasteiger partial charge is 0.251 e. The molecule has 37 heavy (non-hydrogen) atoms. The van der Waals surface area contributed by atoms with Crippen LogP contribution in [0.15, 0.2) is 77.7 Å². The highest BCUT2D eigenvalue weighted by Gasteiger charge is 2.29. The van der Waals surface area contributed by atoms with Crippen molar-refractivity contribution in [2.24, 2.45) is 5.73 Å². The van der Waals surface area contributed by atoms with E-state index in [0.717, 1.165) is 23.3 Å². The van der Waals surface area contributed by atoms with Crippen LogP contribution in [0, 0.1) is 0 Å². The molecule has 2 atom stereocenters. The van der Waals surface area contributed by atoms with Gasteiger partial charge in [0.05, 0.1) is 12.0 Å². The number of ether oxygens (including phenoxy) is 1. The van der Waals surface area contributed by atoms with Crippen LogP contribution in [0.4, 0.5) is 0 Å². The van der Waals surface area contributed by atoms with Crippen LogP contribution < -0.4 is 15.8 Å². The molecular weight excluding hydrogens is 510 g/mol. The summed E-state index contributed by atoms with van der Waals surface area (Å²) >= 11 is 6.02. The SMILES string of the molecule is CCNC(=O)c1ccc(CN(C(CCCc2ccc(OC)cc2)C(N)=O)S(=O)c2ccc(Cl)cc2)cc1. The molecule has 0 bridgehead atoms. The van der Waals surface area contributed by atoms with Gasteiger partial charge in [-0.05, 0) is 85.8 Å². The Bertz CT molecular complexity index is 1200. The highest BCUT2D eigenvalue weighted by Crippen LogP contribution is 2.23. The third-order valence-corrected chi connectivity index (χ3v) is 7.64. The molecule has 7 nitrogen and oxygen atoms in total. The lowest BCUT2D eigenvalue weighted by Crippen LogP contribution is -2.45. The minimum atomic E-state index is -1.67. The van der Waals surface area contributed by atoms with Gasteiger partial charge >= 0.3 is 0 Å². The average molecular weight is 542 g/mol. The summed E-state index contributed by atoms with van der Waals surface area (Å²) in [7, 11) is -0.0517. The number of carbonyl (C=O) groups is 2. The van der Waals surface area contributed by atoms with Gasteiger partial charge in [0.2, 0.25) is 5.91 Å². The van der Waals surface area contributed by atoms with Crippen LogP contribution in [0.25, 0.3) is 0 Å². The number of halogens is 1. The van der Waals surface area contributed by atoms with Crippen molar-refractivity contribution in [1.82, 2.24) is 9.62 Å². The van der Waals surface area contributed by atoms with Crippen molar-refractivity contribution in [2.45, 2.75) is 43.7 Å². The topological polar surface area (TPSA) is 102 Å². The molecule has 0 spiro atoms. The number of hydrogen-bond donors (Lipinski definition) is 2. The number of nitrogens with zero attached hydrogens (tertiary/aromatic N) is 1. The second kappa shape index (κ2) is 13.9. The molecule has 0 aliphatic rings. The van der Waals surface area contributed by atoms with Gasteiger partial charge in [-0.2, -0.15) is 0 Å². The van der Waals surface area contributed by atoms with E-state index in [1.54, 1.807) is 59.9 Å². The first-order valence-electron chi connectivity index (χ1n) is 12.1. The van der Waals surface area contributed by atoms with E-state index in [4.69, 9.17) is 22.1 Å². The monoisotopic (exact) mass is 541 g/mol. The van der Waals surface area contributed by atoms with Gasteiger partial charge in [0.25, 0.3) is 5.91 Å². The number of methoxy groups -OCH3 is 1. The quantitative estimate of drug-likeness (QED) is 0.332. The van der Waals surface area contributed by atoms with Crippen molar-refractivity contribution in [1.29, 1.82) is 0 Å². The maximum Gasteiger partial charge on any atom is 0.251 e. The van der Waals surface area contributed by atoms with Crippen LogP contribution in [-0.2, 0) is 28.7 Å². The fourth-order valence-corrected chi connectivity index (χ4v) is 5.37. The standard InChI is InChI=1S/C28H32ClN3O4S/c1-3-31-28(34)22-11-7-21(8-12-22)19-32(37(35)25-17-13-23(29)14-18-25)26(27(30)33)6-4-5-20-9-15-24(36-2)16-10-20/h7-18,26H,3-6,19H2,1-2H3,(H2,30,33)(H,31,34). The van der Waals surface area contributed by atoms with Crippen molar-refractivity contribution in [2.75, 3.05) is 13.7 Å². The third-order valence-electron chi connectivity index (χ3n) is 5.90. The Kier molecular flexibility index (Phi) is 10.7. The van der Waals surface area contributed by atoms with E-state index in [1.807, 2.05) is 31.2 Å². The molecule has 9 heteroatoms. The molecule has 0 fully saturated rings. The Morgan fingerprint density at radius 1 is 1.00 bits per heavy atom. The fourth-order valence-electron chi connectivity index (χ4n) is 3.89. The molecule has 0 radical (unpaired) electrons. The van der Waals surface area contributed by atoms with Crippen molar-refractivity contribution in [3.63, 3.8) is 0 Å². The van der Waals surface area contributed by atoms with Crippen LogP contribution >= 0.6 is 11.6 Å². The predicted molar refractivity (Wildman–Crippen MR) is 147 cm³/mol. The molecule has 2 amide bonds. The van der Waals surface area contributed by atoms with Crippen LogP contribution in [0.1, 0.15) is 41.3 Å². The lowest BCUT2D eigenvalue weighted by atomic mass is 10.0. The number of rotatable bonds is 13. The highest BCUT2D eigenvalue weighted by atomic mass is 35.5. The van der Waals surface area contributed by atoms with Crippen LogP contribution in [0.3, 0.4) is 0 Å². The lowest BCUT2D eigenvalue weighted by molar-refractivity contribution is -0.122. The molecule has 196 valence electrons. The molecule has 0 aliphatic heterocycles. The van der Waals surface area contributed by atoms with Crippen molar-refractivity contribution in [3.8, 4) is 5.75 Å². The van der Waals surface area contributed by atoms with Gasteiger partial charge in [-0.25, -0.2) is 8.51 Å². The Balaban J connectivity index is 1.82. The molecule has 0 aromatic heterocycles. The molecule has 2 unspecified atom stereocenters. The molecule has 3 aromatic rings. The number of amides is 2. The zero-order valence-electron chi connectivity index (χ0n) is 21.0.